The zero-order valence-electron chi connectivity index (χ0n) is 8.99. The van der Waals surface area contributed by atoms with Gasteiger partial charge >= 0.3 is 0 Å². The second-order valence-electron chi connectivity index (χ2n) is 3.43. The third kappa shape index (κ3) is 3.64. The molecule has 0 amide bonds. The molecule has 1 N–H and O–H groups in total. The molecule has 0 fully saturated rings. The van der Waals surface area contributed by atoms with E-state index in [1.807, 2.05) is 12.1 Å². The highest BCUT2D eigenvalue weighted by Crippen LogP contribution is 2.15. The summed E-state index contributed by atoms with van der Waals surface area (Å²) in [5, 5.41) is 3.68. The number of anilines is 1. The van der Waals surface area contributed by atoms with E-state index >= 15 is 0 Å². The molecule has 0 aliphatic heterocycles. The molecule has 17 heavy (non-hydrogen) atoms. The van der Waals surface area contributed by atoms with Gasteiger partial charge in [0, 0.05) is 16.8 Å². The Bertz CT molecular complexity index is 459. The van der Waals surface area contributed by atoms with E-state index < -0.39 is 0 Å². The summed E-state index contributed by atoms with van der Waals surface area (Å²) >= 11 is 5.83. The summed E-state index contributed by atoms with van der Waals surface area (Å²) in [6.45, 7) is 0.254. The molecule has 2 aromatic rings. The first-order valence-corrected chi connectivity index (χ1v) is 5.50. The van der Waals surface area contributed by atoms with Crippen LogP contribution in [0.3, 0.4) is 0 Å². The summed E-state index contributed by atoms with van der Waals surface area (Å²) in [6, 6.07) is 13.3. The first kappa shape index (κ1) is 11.7. The van der Waals surface area contributed by atoms with Crippen LogP contribution in [0.15, 0.2) is 48.5 Å². The third-order valence-corrected chi connectivity index (χ3v) is 2.37. The lowest BCUT2D eigenvalue weighted by Gasteiger charge is -2.09. The highest BCUT2D eigenvalue weighted by atomic mass is 35.5. The summed E-state index contributed by atoms with van der Waals surface area (Å²) in [5.74, 6) is 0.171. The molecule has 0 saturated heterocycles. The number of hydrogen-bond acceptors (Lipinski definition) is 2. The summed E-state index contributed by atoms with van der Waals surface area (Å²) < 4.78 is 18.2. The maximum Gasteiger partial charge on any atom is 0.159 e. The fourth-order valence-electron chi connectivity index (χ4n) is 1.36. The van der Waals surface area contributed by atoms with Crippen LogP contribution in [0, 0.1) is 5.82 Å². The van der Waals surface area contributed by atoms with Gasteiger partial charge in [-0.05, 0) is 30.3 Å². The number of rotatable bonds is 4. The van der Waals surface area contributed by atoms with Gasteiger partial charge in [0.2, 0.25) is 0 Å². The van der Waals surface area contributed by atoms with E-state index in [1.165, 1.54) is 12.1 Å². The molecule has 2 rings (SSSR count). The zero-order valence-corrected chi connectivity index (χ0v) is 9.75. The van der Waals surface area contributed by atoms with Crippen molar-refractivity contribution in [2.45, 2.75) is 0 Å². The van der Waals surface area contributed by atoms with Gasteiger partial charge in [0.15, 0.2) is 6.73 Å². The molecule has 0 saturated carbocycles. The van der Waals surface area contributed by atoms with E-state index in [-0.39, 0.29) is 12.5 Å². The van der Waals surface area contributed by atoms with Crippen LogP contribution in [0.2, 0.25) is 5.02 Å². The first-order chi connectivity index (χ1) is 8.24. The Morgan fingerprint density at radius 3 is 2.71 bits per heavy atom. The second-order valence-corrected chi connectivity index (χ2v) is 3.87. The lowest BCUT2D eigenvalue weighted by molar-refractivity contribution is 0.345. The fraction of sp³-hybridized carbons (Fsp3) is 0.0769. The summed E-state index contributed by atoms with van der Waals surface area (Å²) in [7, 11) is 0. The van der Waals surface area contributed by atoms with Gasteiger partial charge in [-0.15, -0.1) is 0 Å². The molecule has 0 atom stereocenters. The maximum atomic E-state index is 12.9. The minimum absolute atomic E-state index is 0.254. The van der Waals surface area contributed by atoms with E-state index in [1.54, 1.807) is 24.3 Å². The Kier molecular flexibility index (Phi) is 3.83. The second kappa shape index (κ2) is 5.55. The van der Waals surface area contributed by atoms with E-state index in [4.69, 9.17) is 16.3 Å². The molecular weight excluding hydrogens is 241 g/mol. The average molecular weight is 252 g/mol. The van der Waals surface area contributed by atoms with Crippen molar-refractivity contribution in [1.82, 2.24) is 0 Å². The van der Waals surface area contributed by atoms with Crippen LogP contribution < -0.4 is 10.1 Å². The zero-order chi connectivity index (χ0) is 12.1. The molecule has 0 aliphatic rings. The van der Waals surface area contributed by atoms with Crippen LogP contribution >= 0.6 is 11.6 Å². The average Bonchev–Trinajstić information content (AvgIpc) is 2.29. The Labute approximate surface area is 104 Å². The van der Waals surface area contributed by atoms with Crippen molar-refractivity contribution in [3.05, 3.63) is 59.4 Å². The Morgan fingerprint density at radius 1 is 1.12 bits per heavy atom. The van der Waals surface area contributed by atoms with Gasteiger partial charge in [0.25, 0.3) is 0 Å². The van der Waals surface area contributed by atoms with Crippen molar-refractivity contribution in [2.24, 2.45) is 0 Å². The maximum absolute atomic E-state index is 12.9. The Morgan fingerprint density at radius 2 is 1.94 bits per heavy atom. The monoisotopic (exact) mass is 251 g/mol. The quantitative estimate of drug-likeness (QED) is 0.832. The first-order valence-electron chi connectivity index (χ1n) is 5.12. The van der Waals surface area contributed by atoms with Crippen molar-refractivity contribution in [2.75, 3.05) is 12.0 Å². The lowest BCUT2D eigenvalue weighted by Crippen LogP contribution is -2.08. The summed E-state index contributed by atoms with van der Waals surface area (Å²) in [6.07, 6.45) is 0. The van der Waals surface area contributed by atoms with Crippen LogP contribution in [0.25, 0.3) is 0 Å². The molecule has 0 aromatic heterocycles. The van der Waals surface area contributed by atoms with Crippen LogP contribution in [-0.2, 0) is 0 Å². The van der Waals surface area contributed by atoms with Crippen molar-refractivity contribution in [1.29, 1.82) is 0 Å². The fourth-order valence-corrected chi connectivity index (χ4v) is 1.55. The summed E-state index contributed by atoms with van der Waals surface area (Å²) in [5.41, 5.74) is 0.855. The molecule has 2 nitrogen and oxygen atoms in total. The predicted octanol–water partition coefficient (Wildman–Crippen LogP) is 3.93. The molecule has 4 heteroatoms. The van der Waals surface area contributed by atoms with Crippen molar-refractivity contribution in [3.63, 3.8) is 0 Å². The highest BCUT2D eigenvalue weighted by Gasteiger charge is 1.96. The lowest BCUT2D eigenvalue weighted by atomic mass is 10.3. The van der Waals surface area contributed by atoms with Crippen LogP contribution in [-0.4, -0.2) is 6.73 Å². The van der Waals surface area contributed by atoms with Gasteiger partial charge in [-0.3, -0.25) is 0 Å². The van der Waals surface area contributed by atoms with E-state index in [0.717, 1.165) is 5.69 Å². The number of nitrogens with one attached hydrogen (secondary N) is 1. The minimum Gasteiger partial charge on any atom is -0.473 e. The van der Waals surface area contributed by atoms with Crippen molar-refractivity contribution in [3.8, 4) is 5.75 Å². The van der Waals surface area contributed by atoms with Crippen LogP contribution in [0.4, 0.5) is 10.1 Å². The molecule has 0 bridgehead atoms. The standard InChI is InChI=1S/C13H11ClFNO/c14-10-3-1-5-12(7-10)16-9-17-13-6-2-4-11(15)8-13/h1-8,16H,9H2. The molecule has 0 unspecified atom stereocenters. The smallest absolute Gasteiger partial charge is 0.159 e. The normalized spacial score (nSPS) is 10.0. The molecule has 2 aromatic carbocycles. The highest BCUT2D eigenvalue weighted by molar-refractivity contribution is 6.30. The Hall–Kier alpha value is -1.74. The summed E-state index contributed by atoms with van der Waals surface area (Å²) in [4.78, 5) is 0. The van der Waals surface area contributed by atoms with Gasteiger partial charge in [-0.25, -0.2) is 4.39 Å². The van der Waals surface area contributed by atoms with Crippen molar-refractivity contribution >= 4 is 17.3 Å². The molecule has 0 heterocycles. The SMILES string of the molecule is Fc1cccc(OCNc2cccc(Cl)c2)c1. The predicted molar refractivity (Wildman–Crippen MR) is 67.0 cm³/mol. The number of hydrogen-bond donors (Lipinski definition) is 1. The number of halogens is 2. The van der Waals surface area contributed by atoms with Crippen LogP contribution in [0.1, 0.15) is 0 Å². The van der Waals surface area contributed by atoms with Gasteiger partial charge in [-0.1, -0.05) is 23.7 Å². The number of ether oxygens (including phenoxy) is 1. The van der Waals surface area contributed by atoms with Gasteiger partial charge in [0.05, 0.1) is 0 Å². The van der Waals surface area contributed by atoms with E-state index in [2.05, 4.69) is 5.32 Å². The van der Waals surface area contributed by atoms with Gasteiger partial charge in [0.1, 0.15) is 11.6 Å². The number of benzene rings is 2. The van der Waals surface area contributed by atoms with E-state index in [9.17, 15) is 4.39 Å². The van der Waals surface area contributed by atoms with Gasteiger partial charge < -0.3 is 10.1 Å². The molecule has 88 valence electrons. The molecule has 0 aliphatic carbocycles. The third-order valence-electron chi connectivity index (χ3n) is 2.14. The minimum atomic E-state index is -0.315. The largest absolute Gasteiger partial charge is 0.473 e. The molecular formula is C13H11ClFNO. The Balaban J connectivity index is 1.87. The van der Waals surface area contributed by atoms with Gasteiger partial charge in [-0.2, -0.15) is 0 Å². The molecule has 0 radical (unpaired) electrons. The topological polar surface area (TPSA) is 21.3 Å². The van der Waals surface area contributed by atoms with Crippen molar-refractivity contribution < 1.29 is 9.13 Å². The van der Waals surface area contributed by atoms with Crippen LogP contribution in [0.5, 0.6) is 5.75 Å². The van der Waals surface area contributed by atoms with E-state index in [0.29, 0.717) is 10.8 Å². The molecule has 0 spiro atoms.